The molecule has 94 valence electrons. The highest BCUT2D eigenvalue weighted by Gasteiger charge is 1.92. The number of ether oxygens (including phenoxy) is 1. The van der Waals surface area contributed by atoms with Crippen molar-refractivity contribution in [2.24, 2.45) is 0 Å². The van der Waals surface area contributed by atoms with Gasteiger partial charge in [0.15, 0.2) is 0 Å². The maximum absolute atomic E-state index is 10.5. The zero-order valence-corrected chi connectivity index (χ0v) is 10.8. The average molecular weight is 226 g/mol. The summed E-state index contributed by atoms with van der Waals surface area (Å²) in [6, 6.07) is 0. The zero-order chi connectivity index (χ0) is 12.1. The lowest BCUT2D eigenvalue weighted by atomic mass is 10.1. The van der Waals surface area contributed by atoms with Gasteiger partial charge in [0, 0.05) is 6.92 Å². The second-order valence-electron chi connectivity index (χ2n) is 4.16. The Morgan fingerprint density at radius 3 is 2.25 bits per heavy atom. The molecule has 2 heteroatoms. The van der Waals surface area contributed by atoms with Gasteiger partial charge in [0.2, 0.25) is 0 Å². The van der Waals surface area contributed by atoms with Crippen molar-refractivity contribution >= 4 is 5.97 Å². The monoisotopic (exact) mass is 226 g/mol. The molecule has 0 aliphatic heterocycles. The van der Waals surface area contributed by atoms with Gasteiger partial charge in [0.25, 0.3) is 0 Å². The molecule has 0 aromatic carbocycles. The van der Waals surface area contributed by atoms with Crippen molar-refractivity contribution in [2.75, 3.05) is 6.61 Å². The molecule has 0 spiro atoms. The van der Waals surface area contributed by atoms with Crippen LogP contribution in [0.5, 0.6) is 0 Å². The number of rotatable bonds is 10. The molecule has 0 unspecified atom stereocenters. The maximum Gasteiger partial charge on any atom is 0.302 e. The van der Waals surface area contributed by atoms with Gasteiger partial charge in [-0.1, -0.05) is 44.8 Å². The van der Waals surface area contributed by atoms with Gasteiger partial charge < -0.3 is 4.74 Å². The Bertz CT molecular complexity index is 185. The number of allylic oxidation sites excluding steroid dienone is 2. The molecule has 0 aliphatic rings. The molecule has 0 atom stereocenters. The molecule has 16 heavy (non-hydrogen) atoms. The summed E-state index contributed by atoms with van der Waals surface area (Å²) in [5.74, 6) is -0.168. The van der Waals surface area contributed by atoms with E-state index in [4.69, 9.17) is 4.74 Å². The van der Waals surface area contributed by atoms with Crippen LogP contribution in [0.25, 0.3) is 0 Å². The van der Waals surface area contributed by atoms with E-state index in [2.05, 4.69) is 19.1 Å². The second kappa shape index (κ2) is 12.3. The number of carbonyl (C=O) groups is 1. The predicted molar refractivity (Wildman–Crippen MR) is 68.4 cm³/mol. The van der Waals surface area contributed by atoms with E-state index in [1.807, 2.05) is 0 Å². The second-order valence-corrected chi connectivity index (χ2v) is 4.16. The molecule has 0 N–H and O–H groups in total. The van der Waals surface area contributed by atoms with Gasteiger partial charge in [-0.05, 0) is 25.7 Å². The summed E-state index contributed by atoms with van der Waals surface area (Å²) in [6.45, 7) is 4.26. The van der Waals surface area contributed by atoms with E-state index in [1.54, 1.807) is 0 Å². The van der Waals surface area contributed by atoms with E-state index in [-0.39, 0.29) is 5.97 Å². The molecule has 0 rings (SSSR count). The van der Waals surface area contributed by atoms with Crippen LogP contribution in [0.4, 0.5) is 0 Å². The molecule has 0 heterocycles. The van der Waals surface area contributed by atoms with Crippen LogP contribution in [-0.4, -0.2) is 12.6 Å². The van der Waals surface area contributed by atoms with Gasteiger partial charge in [-0.2, -0.15) is 0 Å². The molecule has 0 fully saturated rings. The number of carbonyl (C=O) groups excluding carboxylic acids is 1. The fourth-order valence-corrected chi connectivity index (χ4v) is 1.49. The van der Waals surface area contributed by atoms with E-state index in [9.17, 15) is 4.79 Å². The first-order valence-corrected chi connectivity index (χ1v) is 6.55. The van der Waals surface area contributed by atoms with E-state index in [0.717, 1.165) is 12.8 Å². The van der Waals surface area contributed by atoms with Crippen molar-refractivity contribution in [3.05, 3.63) is 12.2 Å². The van der Waals surface area contributed by atoms with Gasteiger partial charge >= 0.3 is 5.97 Å². The quantitative estimate of drug-likeness (QED) is 0.316. The van der Waals surface area contributed by atoms with Crippen LogP contribution in [0.2, 0.25) is 0 Å². The first kappa shape index (κ1) is 15.2. The van der Waals surface area contributed by atoms with Gasteiger partial charge in [-0.3, -0.25) is 4.79 Å². The molecular weight excluding hydrogens is 200 g/mol. The molecule has 2 nitrogen and oxygen atoms in total. The average Bonchev–Trinajstić information content (AvgIpc) is 2.25. The highest BCUT2D eigenvalue weighted by Crippen LogP contribution is 2.05. The van der Waals surface area contributed by atoms with Gasteiger partial charge in [-0.15, -0.1) is 0 Å². The summed E-state index contributed by atoms with van der Waals surface area (Å²) in [7, 11) is 0. The van der Waals surface area contributed by atoms with Crippen molar-refractivity contribution in [2.45, 2.75) is 65.2 Å². The summed E-state index contributed by atoms with van der Waals surface area (Å²) in [6.07, 6.45) is 14.2. The molecule has 0 aliphatic carbocycles. The third kappa shape index (κ3) is 13.2. The molecule has 0 saturated heterocycles. The van der Waals surface area contributed by atoms with Crippen molar-refractivity contribution < 1.29 is 9.53 Å². The summed E-state index contributed by atoms with van der Waals surface area (Å²) < 4.78 is 4.86. The summed E-state index contributed by atoms with van der Waals surface area (Å²) in [5.41, 5.74) is 0. The van der Waals surface area contributed by atoms with Crippen molar-refractivity contribution in [3.8, 4) is 0 Å². The number of unbranched alkanes of at least 4 members (excludes halogenated alkanes) is 6. The molecule has 0 saturated carbocycles. The van der Waals surface area contributed by atoms with E-state index in [0.29, 0.717) is 6.61 Å². The fraction of sp³-hybridized carbons (Fsp3) is 0.786. The molecule has 0 aromatic rings. The first-order chi connectivity index (χ1) is 7.77. The highest BCUT2D eigenvalue weighted by atomic mass is 16.5. The molecular formula is C14H26O2. The zero-order valence-electron chi connectivity index (χ0n) is 10.8. The van der Waals surface area contributed by atoms with Crippen LogP contribution < -0.4 is 0 Å². The first-order valence-electron chi connectivity index (χ1n) is 6.55. The SMILES string of the molecule is CCCC/C=C/CCCCCCOC(C)=O. The lowest BCUT2D eigenvalue weighted by Crippen LogP contribution is -1.99. The third-order valence-electron chi connectivity index (χ3n) is 2.46. The molecule has 0 amide bonds. The topological polar surface area (TPSA) is 26.3 Å². The minimum atomic E-state index is -0.168. The number of hydrogen-bond acceptors (Lipinski definition) is 2. The summed E-state index contributed by atoms with van der Waals surface area (Å²) in [4.78, 5) is 10.5. The standard InChI is InChI=1S/C14H26O2/c1-3-4-5-6-7-8-9-10-11-12-13-16-14(2)15/h6-7H,3-5,8-13H2,1-2H3/b7-6+. The van der Waals surface area contributed by atoms with Gasteiger partial charge in [0.1, 0.15) is 0 Å². The molecule has 0 aromatic heterocycles. The summed E-state index contributed by atoms with van der Waals surface area (Å²) in [5, 5.41) is 0. The Morgan fingerprint density at radius 2 is 1.62 bits per heavy atom. The van der Waals surface area contributed by atoms with E-state index < -0.39 is 0 Å². The Kier molecular flexibility index (Phi) is 11.7. The largest absolute Gasteiger partial charge is 0.466 e. The van der Waals surface area contributed by atoms with Crippen molar-refractivity contribution in [3.63, 3.8) is 0 Å². The van der Waals surface area contributed by atoms with Crippen LogP contribution in [0.3, 0.4) is 0 Å². The molecule has 0 bridgehead atoms. The van der Waals surface area contributed by atoms with Crippen LogP contribution in [0, 0.1) is 0 Å². The Hall–Kier alpha value is -0.790. The van der Waals surface area contributed by atoms with Crippen LogP contribution >= 0.6 is 0 Å². The predicted octanol–water partition coefficient (Wildman–Crippen LogP) is 4.25. The van der Waals surface area contributed by atoms with Crippen LogP contribution in [0.15, 0.2) is 12.2 Å². The van der Waals surface area contributed by atoms with E-state index in [1.165, 1.54) is 45.4 Å². The van der Waals surface area contributed by atoms with Crippen molar-refractivity contribution in [1.82, 2.24) is 0 Å². The lowest BCUT2D eigenvalue weighted by Gasteiger charge is -2.00. The lowest BCUT2D eigenvalue weighted by molar-refractivity contribution is -0.141. The third-order valence-corrected chi connectivity index (χ3v) is 2.46. The molecule has 0 radical (unpaired) electrons. The minimum Gasteiger partial charge on any atom is -0.466 e. The Balaban J connectivity index is 3.03. The Morgan fingerprint density at radius 1 is 1.00 bits per heavy atom. The minimum absolute atomic E-state index is 0.168. The van der Waals surface area contributed by atoms with Gasteiger partial charge in [-0.25, -0.2) is 0 Å². The highest BCUT2D eigenvalue weighted by molar-refractivity contribution is 5.65. The normalized spacial score (nSPS) is 10.9. The smallest absolute Gasteiger partial charge is 0.302 e. The van der Waals surface area contributed by atoms with Gasteiger partial charge in [0.05, 0.1) is 6.61 Å². The summed E-state index contributed by atoms with van der Waals surface area (Å²) >= 11 is 0. The van der Waals surface area contributed by atoms with E-state index >= 15 is 0 Å². The number of hydrogen-bond donors (Lipinski definition) is 0. The number of esters is 1. The maximum atomic E-state index is 10.5. The Labute approximate surface area is 100 Å². The fourth-order valence-electron chi connectivity index (χ4n) is 1.49. The van der Waals surface area contributed by atoms with Crippen molar-refractivity contribution in [1.29, 1.82) is 0 Å². The van der Waals surface area contributed by atoms with Crippen LogP contribution in [-0.2, 0) is 9.53 Å². The van der Waals surface area contributed by atoms with Crippen LogP contribution in [0.1, 0.15) is 65.2 Å².